The van der Waals surface area contributed by atoms with E-state index >= 15 is 0 Å². The highest BCUT2D eigenvalue weighted by molar-refractivity contribution is 5.93. The van der Waals surface area contributed by atoms with Crippen molar-refractivity contribution < 1.29 is 4.79 Å². The van der Waals surface area contributed by atoms with Gasteiger partial charge in [-0.1, -0.05) is 18.2 Å². The molecular weight excluding hydrogens is 338 g/mol. The molecule has 0 radical (unpaired) electrons. The molecule has 1 saturated heterocycles. The van der Waals surface area contributed by atoms with Gasteiger partial charge in [-0.3, -0.25) is 9.78 Å². The molecule has 0 aliphatic carbocycles. The van der Waals surface area contributed by atoms with E-state index in [1.165, 1.54) is 0 Å². The van der Waals surface area contributed by atoms with Crippen molar-refractivity contribution in [2.24, 2.45) is 0 Å². The molecule has 0 unspecified atom stereocenters. The fourth-order valence-corrected chi connectivity index (χ4v) is 3.36. The van der Waals surface area contributed by atoms with Crippen LogP contribution in [0.2, 0.25) is 0 Å². The van der Waals surface area contributed by atoms with E-state index in [1.54, 1.807) is 12.4 Å². The summed E-state index contributed by atoms with van der Waals surface area (Å²) in [6.07, 6.45) is 4.67. The zero-order valence-corrected chi connectivity index (χ0v) is 15.2. The smallest absolute Gasteiger partial charge is 0.224 e. The Bertz CT molecular complexity index is 937. The molecule has 0 atom stereocenters. The van der Waals surface area contributed by atoms with Gasteiger partial charge in [0.2, 0.25) is 5.91 Å². The van der Waals surface area contributed by atoms with Gasteiger partial charge in [-0.25, -0.2) is 4.98 Å². The molecule has 3 aromatic rings. The van der Waals surface area contributed by atoms with Crippen LogP contribution in [0.3, 0.4) is 0 Å². The van der Waals surface area contributed by atoms with Crippen LogP contribution >= 0.6 is 0 Å². The summed E-state index contributed by atoms with van der Waals surface area (Å²) >= 11 is 0. The fraction of sp³-hybridized carbons (Fsp3) is 0.286. The van der Waals surface area contributed by atoms with Crippen molar-refractivity contribution in [2.75, 3.05) is 36.4 Å². The highest BCUT2D eigenvalue weighted by atomic mass is 16.1. The van der Waals surface area contributed by atoms with E-state index < -0.39 is 0 Å². The van der Waals surface area contributed by atoms with E-state index in [-0.39, 0.29) is 5.91 Å². The molecule has 1 fully saturated rings. The summed E-state index contributed by atoms with van der Waals surface area (Å²) in [6.45, 7) is 3.65. The number of hydrogen-bond donors (Lipinski definition) is 2. The number of carbonyl (C=O) groups excluding carboxylic acids is 1. The number of piperazine rings is 1. The number of nitrogens with zero attached hydrogens (tertiary/aromatic N) is 3. The van der Waals surface area contributed by atoms with E-state index in [9.17, 15) is 4.79 Å². The minimum atomic E-state index is 0.000465. The first-order valence-corrected chi connectivity index (χ1v) is 9.34. The van der Waals surface area contributed by atoms with Gasteiger partial charge in [-0.2, -0.15) is 0 Å². The van der Waals surface area contributed by atoms with Crippen LogP contribution in [0.25, 0.3) is 10.9 Å². The predicted molar refractivity (Wildman–Crippen MR) is 108 cm³/mol. The maximum atomic E-state index is 12.5. The molecule has 0 spiro atoms. The normalized spacial score (nSPS) is 14.3. The number of carbonyl (C=O) groups is 1. The zero-order chi connectivity index (χ0) is 18.5. The first-order valence-electron chi connectivity index (χ1n) is 9.34. The second-order valence-corrected chi connectivity index (χ2v) is 6.69. The predicted octanol–water partition coefficient (Wildman–Crippen LogP) is 2.61. The largest absolute Gasteiger partial charge is 0.352 e. The number of benzene rings is 1. The average Bonchev–Trinajstić information content (AvgIpc) is 2.73. The lowest BCUT2D eigenvalue weighted by molar-refractivity contribution is -0.116. The number of fused-ring (bicyclic) bond motifs is 1. The van der Waals surface area contributed by atoms with Gasteiger partial charge < -0.3 is 15.5 Å². The van der Waals surface area contributed by atoms with E-state index in [2.05, 4.69) is 43.7 Å². The van der Waals surface area contributed by atoms with Crippen LogP contribution < -0.4 is 15.5 Å². The number of aryl methyl sites for hydroxylation is 1. The maximum absolute atomic E-state index is 12.5. The molecule has 1 aliphatic rings. The number of nitrogens with one attached hydrogen (secondary N) is 2. The third kappa shape index (κ3) is 4.23. The van der Waals surface area contributed by atoms with Crippen molar-refractivity contribution >= 4 is 28.3 Å². The van der Waals surface area contributed by atoms with Crippen LogP contribution in [-0.2, 0) is 11.2 Å². The third-order valence-electron chi connectivity index (χ3n) is 4.79. The van der Waals surface area contributed by atoms with Crippen molar-refractivity contribution in [3.63, 3.8) is 0 Å². The Hall–Kier alpha value is -2.99. The second-order valence-electron chi connectivity index (χ2n) is 6.69. The van der Waals surface area contributed by atoms with Gasteiger partial charge in [0.1, 0.15) is 0 Å². The Morgan fingerprint density at radius 2 is 1.89 bits per heavy atom. The SMILES string of the molecule is O=C(CCc1ccc2cccnc2c1)Nc1cccnc1N1CCNCC1. The van der Waals surface area contributed by atoms with E-state index in [4.69, 9.17) is 0 Å². The van der Waals surface area contributed by atoms with Gasteiger partial charge in [0, 0.05) is 50.4 Å². The second kappa shape index (κ2) is 8.14. The summed E-state index contributed by atoms with van der Waals surface area (Å²) in [5.74, 6) is 0.850. The lowest BCUT2D eigenvalue weighted by atomic mass is 10.1. The monoisotopic (exact) mass is 361 g/mol. The number of hydrogen-bond acceptors (Lipinski definition) is 5. The quantitative estimate of drug-likeness (QED) is 0.731. The molecule has 0 saturated carbocycles. The van der Waals surface area contributed by atoms with Gasteiger partial charge in [0.15, 0.2) is 5.82 Å². The van der Waals surface area contributed by atoms with Crippen molar-refractivity contribution in [3.8, 4) is 0 Å². The molecule has 6 nitrogen and oxygen atoms in total. The summed E-state index contributed by atoms with van der Waals surface area (Å²) < 4.78 is 0. The van der Waals surface area contributed by atoms with Gasteiger partial charge in [-0.15, -0.1) is 0 Å². The van der Waals surface area contributed by atoms with E-state index in [1.807, 2.05) is 24.3 Å². The third-order valence-corrected chi connectivity index (χ3v) is 4.79. The van der Waals surface area contributed by atoms with Crippen LogP contribution in [0.5, 0.6) is 0 Å². The van der Waals surface area contributed by atoms with Gasteiger partial charge in [0.05, 0.1) is 11.2 Å². The van der Waals surface area contributed by atoms with Crippen molar-refractivity contribution in [3.05, 3.63) is 60.4 Å². The summed E-state index contributed by atoms with van der Waals surface area (Å²) in [6, 6.07) is 13.9. The van der Waals surface area contributed by atoms with Gasteiger partial charge >= 0.3 is 0 Å². The average molecular weight is 361 g/mol. The van der Waals surface area contributed by atoms with Crippen molar-refractivity contribution in [1.29, 1.82) is 0 Å². The molecule has 0 bridgehead atoms. The number of amides is 1. The Labute approximate surface area is 158 Å². The Morgan fingerprint density at radius 1 is 1.07 bits per heavy atom. The van der Waals surface area contributed by atoms with Crippen LogP contribution in [-0.4, -0.2) is 42.1 Å². The first kappa shape index (κ1) is 17.4. The fourth-order valence-electron chi connectivity index (χ4n) is 3.36. The molecule has 4 rings (SSSR count). The Kier molecular flexibility index (Phi) is 5.25. The molecule has 3 heterocycles. The molecule has 2 N–H and O–H groups in total. The van der Waals surface area contributed by atoms with Crippen LogP contribution in [0.15, 0.2) is 54.9 Å². The van der Waals surface area contributed by atoms with E-state index in [0.29, 0.717) is 12.8 Å². The number of anilines is 2. The Balaban J connectivity index is 1.40. The molecule has 6 heteroatoms. The molecule has 1 aromatic carbocycles. The minimum Gasteiger partial charge on any atom is -0.352 e. The molecular formula is C21H23N5O. The summed E-state index contributed by atoms with van der Waals surface area (Å²) in [7, 11) is 0. The molecule has 1 aliphatic heterocycles. The zero-order valence-electron chi connectivity index (χ0n) is 15.2. The molecule has 138 valence electrons. The summed E-state index contributed by atoms with van der Waals surface area (Å²) in [5, 5.41) is 7.48. The van der Waals surface area contributed by atoms with Gasteiger partial charge in [0.25, 0.3) is 0 Å². The van der Waals surface area contributed by atoms with Crippen molar-refractivity contribution in [2.45, 2.75) is 12.8 Å². The number of aromatic nitrogens is 2. The topological polar surface area (TPSA) is 70.2 Å². The minimum absolute atomic E-state index is 0.000465. The highest BCUT2D eigenvalue weighted by Gasteiger charge is 2.16. The summed E-state index contributed by atoms with van der Waals surface area (Å²) in [4.78, 5) is 23.6. The summed E-state index contributed by atoms with van der Waals surface area (Å²) in [5.41, 5.74) is 2.86. The van der Waals surface area contributed by atoms with Crippen LogP contribution in [0.4, 0.5) is 11.5 Å². The molecule has 1 amide bonds. The Morgan fingerprint density at radius 3 is 2.78 bits per heavy atom. The lowest BCUT2D eigenvalue weighted by Crippen LogP contribution is -2.44. The first-order chi connectivity index (χ1) is 13.3. The van der Waals surface area contributed by atoms with Gasteiger partial charge in [-0.05, 0) is 36.2 Å². The highest BCUT2D eigenvalue weighted by Crippen LogP contribution is 2.23. The lowest BCUT2D eigenvalue weighted by Gasteiger charge is -2.29. The maximum Gasteiger partial charge on any atom is 0.224 e. The van der Waals surface area contributed by atoms with Crippen LogP contribution in [0, 0.1) is 0 Å². The molecule has 27 heavy (non-hydrogen) atoms. The number of rotatable bonds is 5. The van der Waals surface area contributed by atoms with E-state index in [0.717, 1.165) is 54.2 Å². The molecule has 2 aromatic heterocycles. The van der Waals surface area contributed by atoms with Crippen LogP contribution in [0.1, 0.15) is 12.0 Å². The van der Waals surface area contributed by atoms with Crippen molar-refractivity contribution in [1.82, 2.24) is 15.3 Å². The standard InChI is InChI=1S/C21H23N5O/c27-20(8-6-16-5-7-17-3-1-9-23-19(17)15-16)25-18-4-2-10-24-21(18)26-13-11-22-12-14-26/h1-5,7,9-10,15,22H,6,8,11-14H2,(H,25,27). The number of pyridine rings is 2.